The fourth-order valence-electron chi connectivity index (χ4n) is 11.4. The number of rotatable bonds is 14. The number of ether oxygens (including phenoxy) is 6. The first-order valence-electron chi connectivity index (χ1n) is 29.9. The summed E-state index contributed by atoms with van der Waals surface area (Å²) in [6, 6.07) is 27.1. The second kappa shape index (κ2) is 29.2. The SMILES string of the molecule is CC1(C)Cc2c(C#N)c(S(=O)CCc3ccccc3)nc(N3CCOCC3)c2CO1.CC1(C)Cc2c(C#N)c(SCCc3cccnc3)nc(N3CCOCC3)c2CO1.CC1(C)Cc2c(C#N)c(SCc3ccccn3)nc(N3CCOCC3)c2CO1. The maximum Gasteiger partial charge on any atom is 0.147 e. The number of fused-ring (bicyclic) bond motifs is 3. The monoisotopic (exact) mass is 1230 g/mol. The molecule has 87 heavy (non-hydrogen) atoms. The molecule has 6 aromatic rings. The zero-order chi connectivity index (χ0) is 61.0. The van der Waals surface area contributed by atoms with Gasteiger partial charge in [0, 0.05) is 111 Å². The van der Waals surface area contributed by atoms with Crippen molar-refractivity contribution in [2.45, 2.75) is 131 Å². The van der Waals surface area contributed by atoms with Crippen LogP contribution in [-0.2, 0) is 96.9 Å². The highest BCUT2D eigenvalue weighted by Crippen LogP contribution is 2.42. The van der Waals surface area contributed by atoms with Gasteiger partial charge in [0.1, 0.15) is 50.7 Å². The number of hydrogen-bond acceptors (Lipinski definition) is 20. The highest BCUT2D eigenvalue weighted by Gasteiger charge is 2.37. The minimum absolute atomic E-state index is 0.278. The summed E-state index contributed by atoms with van der Waals surface area (Å²) in [6.45, 7) is 22.5. The second-order valence-electron chi connectivity index (χ2n) is 23.9. The Balaban J connectivity index is 0.000000145. The molecule has 0 amide bonds. The lowest BCUT2D eigenvalue weighted by Gasteiger charge is -2.37. The van der Waals surface area contributed by atoms with Crippen LogP contribution in [0.3, 0.4) is 0 Å². The van der Waals surface area contributed by atoms with E-state index in [2.05, 4.69) is 76.6 Å². The van der Waals surface area contributed by atoms with Gasteiger partial charge in [-0.25, -0.2) is 15.0 Å². The topological polar surface area (TPSA) is 218 Å². The maximum atomic E-state index is 13.3. The molecule has 11 heterocycles. The number of pyridine rings is 5. The third-order valence-electron chi connectivity index (χ3n) is 16.0. The highest BCUT2D eigenvalue weighted by molar-refractivity contribution is 7.99. The van der Waals surface area contributed by atoms with E-state index in [1.165, 1.54) is 5.56 Å². The lowest BCUT2D eigenvalue weighted by molar-refractivity contribution is -0.0405. The first-order valence-corrected chi connectivity index (χ1v) is 33.2. The number of nitriles is 3. The molecule has 0 saturated carbocycles. The van der Waals surface area contributed by atoms with Gasteiger partial charge in [0.05, 0.1) is 109 Å². The molecule has 1 atom stereocenters. The number of aromatic nitrogens is 5. The van der Waals surface area contributed by atoms with E-state index >= 15 is 0 Å². The van der Waals surface area contributed by atoms with Crippen molar-refractivity contribution in [2.75, 3.05) is 105 Å². The first kappa shape index (κ1) is 63.5. The molecule has 456 valence electrons. The molecule has 3 saturated heterocycles. The van der Waals surface area contributed by atoms with Gasteiger partial charge in [-0.2, -0.15) is 15.8 Å². The predicted octanol–water partition coefficient (Wildman–Crippen LogP) is 9.69. The average Bonchev–Trinajstić information content (AvgIpc) is 1.52. The van der Waals surface area contributed by atoms with Crippen molar-refractivity contribution in [1.82, 2.24) is 24.9 Å². The minimum atomic E-state index is -1.37. The number of benzene rings is 1. The summed E-state index contributed by atoms with van der Waals surface area (Å²) in [5.74, 6) is 4.68. The van der Waals surface area contributed by atoms with Crippen LogP contribution in [0.15, 0.2) is 94.3 Å². The maximum absolute atomic E-state index is 13.3. The Hall–Kier alpha value is -6.55. The van der Waals surface area contributed by atoms with Gasteiger partial charge in [-0.1, -0.05) is 54.2 Å². The number of aryl methyl sites for hydroxylation is 2. The van der Waals surface area contributed by atoms with Crippen molar-refractivity contribution in [1.29, 1.82) is 15.8 Å². The summed E-state index contributed by atoms with van der Waals surface area (Å²) in [5.41, 5.74) is 10.4. The van der Waals surface area contributed by atoms with E-state index in [9.17, 15) is 20.0 Å². The van der Waals surface area contributed by atoms with Crippen molar-refractivity contribution in [3.8, 4) is 18.2 Å². The summed E-state index contributed by atoms with van der Waals surface area (Å²) in [4.78, 5) is 30.0. The van der Waals surface area contributed by atoms with E-state index in [0.717, 1.165) is 130 Å². The van der Waals surface area contributed by atoms with E-state index in [-0.39, 0.29) is 16.8 Å². The zero-order valence-electron chi connectivity index (χ0n) is 50.8. The van der Waals surface area contributed by atoms with Crippen molar-refractivity contribution in [3.05, 3.63) is 146 Å². The molecule has 0 spiro atoms. The number of nitrogens with zero attached hydrogens (tertiary/aromatic N) is 11. The lowest BCUT2D eigenvalue weighted by Crippen LogP contribution is -2.40. The Morgan fingerprint density at radius 1 is 0.529 bits per heavy atom. The van der Waals surface area contributed by atoms with Gasteiger partial charge in [-0.3, -0.25) is 14.2 Å². The molecular weight excluding hydrogens is 1150 g/mol. The third-order valence-corrected chi connectivity index (χ3v) is 19.3. The summed E-state index contributed by atoms with van der Waals surface area (Å²) < 4.78 is 48.0. The van der Waals surface area contributed by atoms with Crippen LogP contribution in [0.1, 0.15) is 108 Å². The number of anilines is 3. The lowest BCUT2D eigenvalue weighted by atomic mass is 9.89. The fourth-order valence-corrected chi connectivity index (χ4v) is 14.5. The molecule has 18 nitrogen and oxygen atoms in total. The Bertz CT molecular complexity index is 3500. The number of hydrogen-bond donors (Lipinski definition) is 0. The van der Waals surface area contributed by atoms with Gasteiger partial charge in [0.2, 0.25) is 0 Å². The molecule has 1 unspecified atom stereocenters. The van der Waals surface area contributed by atoms with E-state index in [1.54, 1.807) is 35.9 Å². The molecule has 0 aliphatic carbocycles. The molecule has 12 rings (SSSR count). The van der Waals surface area contributed by atoms with Crippen LogP contribution in [-0.4, -0.2) is 136 Å². The van der Waals surface area contributed by atoms with Crippen LogP contribution in [0.2, 0.25) is 0 Å². The van der Waals surface area contributed by atoms with Crippen LogP contribution in [0.25, 0.3) is 0 Å². The first-order chi connectivity index (χ1) is 42.1. The Morgan fingerprint density at radius 2 is 0.989 bits per heavy atom. The quantitative estimate of drug-likeness (QED) is 0.0927. The molecule has 6 aliphatic rings. The molecule has 6 aliphatic heterocycles. The Morgan fingerprint density at radius 3 is 1.45 bits per heavy atom. The van der Waals surface area contributed by atoms with Crippen molar-refractivity contribution in [3.63, 3.8) is 0 Å². The summed E-state index contributed by atoms with van der Waals surface area (Å²) in [7, 11) is -1.37. The van der Waals surface area contributed by atoms with Crippen molar-refractivity contribution < 1.29 is 32.6 Å². The zero-order valence-corrected chi connectivity index (χ0v) is 53.2. The van der Waals surface area contributed by atoms with E-state index in [0.29, 0.717) is 112 Å². The van der Waals surface area contributed by atoms with Gasteiger partial charge < -0.3 is 43.1 Å². The molecule has 5 aromatic heterocycles. The van der Waals surface area contributed by atoms with E-state index in [1.807, 2.05) is 74.6 Å². The molecule has 3 fully saturated rings. The Kier molecular flexibility index (Phi) is 21.3. The number of thioether (sulfide) groups is 2. The van der Waals surface area contributed by atoms with Gasteiger partial charge in [-0.05, 0) is 100 Å². The number of morpholine rings is 3. The van der Waals surface area contributed by atoms with Crippen molar-refractivity contribution >= 4 is 51.8 Å². The summed E-state index contributed by atoms with van der Waals surface area (Å²) in [5, 5.41) is 31.9. The van der Waals surface area contributed by atoms with Crippen LogP contribution >= 0.6 is 23.5 Å². The van der Waals surface area contributed by atoms with Crippen LogP contribution in [0.4, 0.5) is 17.5 Å². The fraction of sp³-hybridized carbons (Fsp3) is 0.485. The summed E-state index contributed by atoms with van der Waals surface area (Å²) >= 11 is 3.24. The van der Waals surface area contributed by atoms with Gasteiger partial charge >= 0.3 is 0 Å². The largest absolute Gasteiger partial charge is 0.378 e. The average molecular weight is 1230 g/mol. The normalized spacial score (nSPS) is 18.5. The van der Waals surface area contributed by atoms with Crippen LogP contribution in [0, 0.1) is 34.0 Å². The van der Waals surface area contributed by atoms with Crippen LogP contribution in [0.5, 0.6) is 0 Å². The molecular formula is C66H77N11O7S3. The third kappa shape index (κ3) is 16.0. The second-order valence-corrected chi connectivity index (χ2v) is 27.4. The van der Waals surface area contributed by atoms with Crippen molar-refractivity contribution in [2.24, 2.45) is 0 Å². The molecule has 0 bridgehead atoms. The van der Waals surface area contributed by atoms with Gasteiger partial charge in [0.15, 0.2) is 0 Å². The summed E-state index contributed by atoms with van der Waals surface area (Å²) in [6.07, 6.45) is 9.08. The molecule has 0 N–H and O–H groups in total. The van der Waals surface area contributed by atoms with E-state index < -0.39 is 10.8 Å². The molecule has 0 radical (unpaired) electrons. The van der Waals surface area contributed by atoms with E-state index in [4.69, 9.17) is 43.4 Å². The minimum Gasteiger partial charge on any atom is -0.378 e. The molecule has 1 aromatic carbocycles. The van der Waals surface area contributed by atoms with Gasteiger partial charge in [-0.15, -0.1) is 11.8 Å². The van der Waals surface area contributed by atoms with Crippen LogP contribution < -0.4 is 14.7 Å². The molecule has 21 heteroatoms. The highest BCUT2D eigenvalue weighted by atomic mass is 32.2. The standard InChI is InChI=1S/C23H27N3O3S.C22H26N4O2S.C21H24N4O2S/c1-23(2)14-18-19(15-24)22(30(27)13-8-17-6-4-3-5-7-17)25-21(20(18)16-29-23)26-9-11-28-12-10-26;1-22(2)12-17-18(13-23)21(29-11-5-16-4-3-6-24-14-16)25-20(19(17)15-28-22)26-7-9-27-10-8-26;1-21(2)11-16-17(12-22)20(28-14-15-5-3-4-6-23-15)24-19(18(16)13-27-21)25-7-9-26-10-8-25/h3-7H,8-14,16H2,1-2H3;3-4,6,14H,5,7-12,15H2,1-2H3;3-6H,7-11,13-14H2,1-2H3. The Labute approximate surface area is 522 Å². The predicted molar refractivity (Wildman–Crippen MR) is 338 cm³/mol. The van der Waals surface area contributed by atoms with Gasteiger partial charge in [0.25, 0.3) is 0 Å². The smallest absolute Gasteiger partial charge is 0.147 e.